The van der Waals surface area contributed by atoms with Crippen LogP contribution in [0.2, 0.25) is 0 Å². The lowest BCUT2D eigenvalue weighted by atomic mass is 9.96. The number of ether oxygens (including phenoxy) is 1. The first-order chi connectivity index (χ1) is 11.0. The Morgan fingerprint density at radius 3 is 2.70 bits per heavy atom. The average Bonchev–Trinajstić information content (AvgIpc) is 2.95. The van der Waals surface area contributed by atoms with Crippen LogP contribution in [0.4, 0.5) is 4.39 Å². The van der Waals surface area contributed by atoms with Crippen LogP contribution in [-0.2, 0) is 14.3 Å². The average molecular weight is 320 g/mol. The molecule has 2 rings (SSSR count). The number of methoxy groups -OCH3 is 1. The second kappa shape index (κ2) is 7.37. The summed E-state index contributed by atoms with van der Waals surface area (Å²) in [5, 5.41) is 0. The number of hydrogen-bond donors (Lipinski definition) is 1. The van der Waals surface area contributed by atoms with E-state index in [1.807, 2.05) is 0 Å². The van der Waals surface area contributed by atoms with Crippen LogP contribution in [0.5, 0.6) is 0 Å². The Morgan fingerprint density at radius 1 is 1.39 bits per heavy atom. The topological polar surface area (TPSA) is 72.6 Å². The molecule has 1 heterocycles. The molecule has 1 aromatic rings. The van der Waals surface area contributed by atoms with Gasteiger partial charge in [0.05, 0.1) is 6.61 Å². The smallest absolute Gasteiger partial charge is 0.245 e. The van der Waals surface area contributed by atoms with E-state index >= 15 is 0 Å². The van der Waals surface area contributed by atoms with Crippen molar-refractivity contribution in [3.63, 3.8) is 0 Å². The molecular weight excluding hydrogens is 299 g/mol. The van der Waals surface area contributed by atoms with Crippen LogP contribution >= 0.6 is 0 Å². The monoisotopic (exact) mass is 320 g/mol. The van der Waals surface area contributed by atoms with E-state index in [4.69, 9.17) is 10.5 Å². The molecule has 0 saturated carbocycles. The summed E-state index contributed by atoms with van der Waals surface area (Å²) in [7, 11) is 1.49. The standard InChI is InChI=1S/C17H21FN2O3/c1-23-12-17(16(19)22)10-3-11-20(17)15(21)5-2-4-13-6-8-14(18)9-7-13/h2,4,6-9H,3,5,10-12H2,1H3,(H2,19,22)/b4-2+. The van der Waals surface area contributed by atoms with Gasteiger partial charge in [0, 0.05) is 20.1 Å². The molecule has 0 radical (unpaired) electrons. The van der Waals surface area contributed by atoms with E-state index in [1.54, 1.807) is 24.3 Å². The molecule has 2 N–H and O–H groups in total. The zero-order chi connectivity index (χ0) is 16.9. The summed E-state index contributed by atoms with van der Waals surface area (Å²) in [5.74, 6) is -1.01. The van der Waals surface area contributed by atoms with Gasteiger partial charge < -0.3 is 15.4 Å². The number of halogens is 1. The third-order valence-electron chi connectivity index (χ3n) is 4.10. The normalized spacial score (nSPS) is 21.0. The van der Waals surface area contributed by atoms with Gasteiger partial charge in [-0.2, -0.15) is 0 Å². The molecule has 1 aromatic carbocycles. The van der Waals surface area contributed by atoms with Gasteiger partial charge in [0.1, 0.15) is 11.4 Å². The summed E-state index contributed by atoms with van der Waals surface area (Å²) < 4.78 is 17.9. The molecule has 2 amide bonds. The summed E-state index contributed by atoms with van der Waals surface area (Å²) in [6.45, 7) is 0.602. The first-order valence-electron chi connectivity index (χ1n) is 7.51. The van der Waals surface area contributed by atoms with Crippen LogP contribution in [0, 0.1) is 5.82 Å². The molecule has 6 heteroatoms. The first kappa shape index (κ1) is 17.1. The predicted molar refractivity (Wildman–Crippen MR) is 84.8 cm³/mol. The number of nitrogens with two attached hydrogens (primary N) is 1. The summed E-state index contributed by atoms with van der Waals surface area (Å²) >= 11 is 0. The van der Waals surface area contributed by atoms with Gasteiger partial charge in [0.2, 0.25) is 11.8 Å². The zero-order valence-electron chi connectivity index (χ0n) is 13.1. The molecule has 0 spiro atoms. The Bertz CT molecular complexity index is 600. The van der Waals surface area contributed by atoms with E-state index in [1.165, 1.54) is 24.1 Å². The third kappa shape index (κ3) is 3.76. The van der Waals surface area contributed by atoms with Crippen molar-refractivity contribution in [2.24, 2.45) is 5.73 Å². The highest BCUT2D eigenvalue weighted by Gasteiger charge is 2.48. The zero-order valence-corrected chi connectivity index (χ0v) is 13.1. The fourth-order valence-electron chi connectivity index (χ4n) is 2.94. The quantitative estimate of drug-likeness (QED) is 0.867. The molecule has 1 unspecified atom stereocenters. The van der Waals surface area contributed by atoms with E-state index in [2.05, 4.69) is 0 Å². The van der Waals surface area contributed by atoms with Gasteiger partial charge in [-0.3, -0.25) is 9.59 Å². The molecule has 5 nitrogen and oxygen atoms in total. The number of carbonyl (C=O) groups is 2. The fraction of sp³-hybridized carbons (Fsp3) is 0.412. The number of amides is 2. The minimum Gasteiger partial charge on any atom is -0.382 e. The Kier molecular flexibility index (Phi) is 5.50. The fourth-order valence-corrected chi connectivity index (χ4v) is 2.94. The van der Waals surface area contributed by atoms with E-state index in [0.717, 1.165) is 12.0 Å². The SMILES string of the molecule is COCC1(C(N)=O)CCCN1C(=O)C/C=C/c1ccc(F)cc1. The van der Waals surface area contributed by atoms with Gasteiger partial charge in [-0.25, -0.2) is 4.39 Å². The van der Waals surface area contributed by atoms with Crippen molar-refractivity contribution in [1.82, 2.24) is 4.90 Å². The number of hydrogen-bond acceptors (Lipinski definition) is 3. The number of rotatable bonds is 6. The predicted octanol–water partition coefficient (Wildman–Crippen LogP) is 1.72. The Hall–Kier alpha value is -2.21. The third-order valence-corrected chi connectivity index (χ3v) is 4.10. The van der Waals surface area contributed by atoms with Crippen molar-refractivity contribution >= 4 is 17.9 Å². The Labute approximate surface area is 134 Å². The molecule has 0 aliphatic carbocycles. The van der Waals surface area contributed by atoms with Crippen LogP contribution in [-0.4, -0.2) is 42.5 Å². The highest BCUT2D eigenvalue weighted by atomic mass is 19.1. The van der Waals surface area contributed by atoms with E-state index < -0.39 is 11.4 Å². The van der Waals surface area contributed by atoms with Crippen molar-refractivity contribution in [2.45, 2.75) is 24.8 Å². The van der Waals surface area contributed by atoms with Crippen LogP contribution in [0.1, 0.15) is 24.8 Å². The van der Waals surface area contributed by atoms with Crippen LogP contribution in [0.15, 0.2) is 30.3 Å². The highest BCUT2D eigenvalue weighted by molar-refractivity contribution is 5.91. The lowest BCUT2D eigenvalue weighted by Crippen LogP contribution is -2.58. The van der Waals surface area contributed by atoms with E-state index in [0.29, 0.717) is 13.0 Å². The number of nitrogens with zero attached hydrogens (tertiary/aromatic N) is 1. The largest absolute Gasteiger partial charge is 0.382 e. The maximum Gasteiger partial charge on any atom is 0.245 e. The Balaban J connectivity index is 2.04. The Morgan fingerprint density at radius 2 is 2.09 bits per heavy atom. The van der Waals surface area contributed by atoms with Crippen LogP contribution in [0.25, 0.3) is 6.08 Å². The van der Waals surface area contributed by atoms with E-state index in [9.17, 15) is 14.0 Å². The van der Waals surface area contributed by atoms with Gasteiger partial charge in [-0.05, 0) is 30.5 Å². The number of benzene rings is 1. The molecule has 0 aromatic heterocycles. The van der Waals surface area contributed by atoms with Gasteiger partial charge >= 0.3 is 0 Å². The summed E-state index contributed by atoms with van der Waals surface area (Å²) in [6, 6.07) is 5.98. The van der Waals surface area contributed by atoms with Gasteiger partial charge in [0.25, 0.3) is 0 Å². The molecule has 1 saturated heterocycles. The number of likely N-dealkylation sites (tertiary alicyclic amines) is 1. The second-order valence-corrected chi connectivity index (χ2v) is 5.64. The summed E-state index contributed by atoms with van der Waals surface area (Å²) in [4.78, 5) is 25.8. The van der Waals surface area contributed by atoms with Crippen molar-refractivity contribution in [3.05, 3.63) is 41.7 Å². The van der Waals surface area contributed by atoms with Crippen molar-refractivity contribution < 1.29 is 18.7 Å². The van der Waals surface area contributed by atoms with Crippen molar-refractivity contribution in [2.75, 3.05) is 20.3 Å². The minimum atomic E-state index is -1.05. The summed E-state index contributed by atoms with van der Waals surface area (Å²) in [6.07, 6.45) is 4.83. The minimum absolute atomic E-state index is 0.107. The molecule has 124 valence electrons. The summed E-state index contributed by atoms with van der Waals surface area (Å²) in [5.41, 5.74) is 5.27. The van der Waals surface area contributed by atoms with Gasteiger partial charge in [-0.1, -0.05) is 24.3 Å². The second-order valence-electron chi connectivity index (χ2n) is 5.64. The maximum absolute atomic E-state index is 12.8. The van der Waals surface area contributed by atoms with Crippen LogP contribution in [0.3, 0.4) is 0 Å². The highest BCUT2D eigenvalue weighted by Crippen LogP contribution is 2.30. The molecule has 1 aliphatic rings. The lowest BCUT2D eigenvalue weighted by Gasteiger charge is -2.35. The lowest BCUT2D eigenvalue weighted by molar-refractivity contribution is -0.146. The van der Waals surface area contributed by atoms with Crippen molar-refractivity contribution in [3.8, 4) is 0 Å². The molecule has 1 aliphatic heterocycles. The molecule has 0 bridgehead atoms. The first-order valence-corrected chi connectivity index (χ1v) is 7.51. The van der Waals surface area contributed by atoms with Gasteiger partial charge in [-0.15, -0.1) is 0 Å². The maximum atomic E-state index is 12.8. The van der Waals surface area contributed by atoms with Gasteiger partial charge in [0.15, 0.2) is 0 Å². The number of carbonyl (C=O) groups excluding carboxylic acids is 2. The molecular formula is C17H21FN2O3. The van der Waals surface area contributed by atoms with Crippen molar-refractivity contribution in [1.29, 1.82) is 0 Å². The molecule has 23 heavy (non-hydrogen) atoms. The molecule has 1 fully saturated rings. The van der Waals surface area contributed by atoms with E-state index in [-0.39, 0.29) is 24.8 Å². The molecule has 1 atom stereocenters. The number of primary amides is 1. The van der Waals surface area contributed by atoms with Crippen LogP contribution < -0.4 is 5.73 Å².